The molecule has 0 aliphatic heterocycles. The molecule has 1 aromatic heterocycles. The second-order valence-corrected chi connectivity index (χ2v) is 5.90. The molecule has 94 valence electrons. The van der Waals surface area contributed by atoms with E-state index in [1.54, 1.807) is 0 Å². The van der Waals surface area contributed by atoms with Crippen LogP contribution >= 0.6 is 11.3 Å². The SMILES string of the molecule is FC(F)(F)c1cnc(NC(C2CC2)C2CC2)s1. The molecule has 2 nitrogen and oxygen atoms in total. The molecule has 0 atom stereocenters. The molecule has 17 heavy (non-hydrogen) atoms. The van der Waals surface area contributed by atoms with Crippen LogP contribution in [0.15, 0.2) is 6.20 Å². The Kier molecular flexibility index (Phi) is 2.57. The van der Waals surface area contributed by atoms with E-state index >= 15 is 0 Å². The van der Waals surface area contributed by atoms with Gasteiger partial charge in [0.1, 0.15) is 4.88 Å². The number of aromatic nitrogens is 1. The first-order valence-corrected chi connectivity index (χ1v) is 6.65. The molecule has 0 aromatic carbocycles. The summed E-state index contributed by atoms with van der Waals surface area (Å²) in [6.45, 7) is 0. The zero-order chi connectivity index (χ0) is 12.0. The first-order valence-electron chi connectivity index (χ1n) is 5.83. The highest BCUT2D eigenvalue weighted by Crippen LogP contribution is 2.46. The van der Waals surface area contributed by atoms with Crippen LogP contribution in [0.5, 0.6) is 0 Å². The number of alkyl halides is 3. The van der Waals surface area contributed by atoms with Crippen LogP contribution in [0.25, 0.3) is 0 Å². The largest absolute Gasteiger partial charge is 0.427 e. The summed E-state index contributed by atoms with van der Waals surface area (Å²) in [6.07, 6.45) is 1.45. The van der Waals surface area contributed by atoms with E-state index in [4.69, 9.17) is 0 Å². The third kappa shape index (κ3) is 2.56. The fourth-order valence-corrected chi connectivity index (χ4v) is 2.88. The van der Waals surface area contributed by atoms with E-state index in [9.17, 15) is 13.2 Å². The fraction of sp³-hybridized carbons (Fsp3) is 0.727. The van der Waals surface area contributed by atoms with Crippen molar-refractivity contribution in [3.63, 3.8) is 0 Å². The van der Waals surface area contributed by atoms with Gasteiger partial charge in [-0.3, -0.25) is 0 Å². The lowest BCUT2D eigenvalue weighted by atomic mass is 10.1. The van der Waals surface area contributed by atoms with E-state index in [1.165, 1.54) is 25.7 Å². The number of nitrogens with zero attached hydrogens (tertiary/aromatic N) is 1. The van der Waals surface area contributed by atoms with Crippen LogP contribution in [0.1, 0.15) is 30.6 Å². The minimum absolute atomic E-state index is 0.349. The van der Waals surface area contributed by atoms with E-state index in [0.29, 0.717) is 34.3 Å². The molecule has 0 spiro atoms. The average molecular weight is 262 g/mol. The molecule has 0 amide bonds. The molecular weight excluding hydrogens is 249 g/mol. The van der Waals surface area contributed by atoms with Crippen LogP contribution in [0.3, 0.4) is 0 Å². The number of rotatable bonds is 4. The van der Waals surface area contributed by atoms with Crippen molar-refractivity contribution in [1.82, 2.24) is 4.98 Å². The van der Waals surface area contributed by atoms with Gasteiger partial charge in [0.05, 0.1) is 6.20 Å². The zero-order valence-corrected chi connectivity index (χ0v) is 9.94. The second-order valence-electron chi connectivity index (χ2n) is 4.87. The van der Waals surface area contributed by atoms with Gasteiger partial charge in [-0.2, -0.15) is 13.2 Å². The third-order valence-corrected chi connectivity index (χ3v) is 4.31. The van der Waals surface area contributed by atoms with Gasteiger partial charge in [0.25, 0.3) is 0 Å². The summed E-state index contributed by atoms with van der Waals surface area (Å²) in [5.41, 5.74) is 0. The Balaban J connectivity index is 1.69. The van der Waals surface area contributed by atoms with Crippen LogP contribution in [0.4, 0.5) is 18.3 Å². The zero-order valence-electron chi connectivity index (χ0n) is 9.13. The lowest BCUT2D eigenvalue weighted by Crippen LogP contribution is -2.23. The van der Waals surface area contributed by atoms with Gasteiger partial charge in [0, 0.05) is 6.04 Å². The van der Waals surface area contributed by atoms with Gasteiger partial charge in [0.2, 0.25) is 0 Å². The summed E-state index contributed by atoms with van der Waals surface area (Å²) in [7, 11) is 0. The summed E-state index contributed by atoms with van der Waals surface area (Å²) in [5, 5.41) is 3.62. The normalized spacial score (nSPS) is 20.9. The van der Waals surface area contributed by atoms with Gasteiger partial charge >= 0.3 is 6.18 Å². The smallest absolute Gasteiger partial charge is 0.358 e. The number of nitrogens with one attached hydrogen (secondary N) is 1. The van der Waals surface area contributed by atoms with Crippen molar-refractivity contribution in [2.45, 2.75) is 37.9 Å². The van der Waals surface area contributed by atoms with Crippen molar-refractivity contribution in [1.29, 1.82) is 0 Å². The molecule has 0 radical (unpaired) electrons. The molecule has 1 aromatic rings. The lowest BCUT2D eigenvalue weighted by Gasteiger charge is -2.16. The summed E-state index contributed by atoms with van der Waals surface area (Å²) in [6, 6.07) is 0.349. The highest BCUT2D eigenvalue weighted by atomic mass is 32.1. The Morgan fingerprint density at radius 2 is 1.82 bits per heavy atom. The average Bonchev–Trinajstić information content (AvgIpc) is 3.14. The molecule has 2 aliphatic carbocycles. The first-order chi connectivity index (χ1) is 8.04. The Hall–Kier alpha value is -0.780. The van der Waals surface area contributed by atoms with Crippen LogP contribution < -0.4 is 5.32 Å². The van der Waals surface area contributed by atoms with Crippen molar-refractivity contribution in [3.8, 4) is 0 Å². The molecule has 2 fully saturated rings. The van der Waals surface area contributed by atoms with E-state index < -0.39 is 11.1 Å². The van der Waals surface area contributed by atoms with Crippen molar-refractivity contribution < 1.29 is 13.2 Å². The topological polar surface area (TPSA) is 24.9 Å². The van der Waals surface area contributed by atoms with Gasteiger partial charge in [0.15, 0.2) is 5.13 Å². The summed E-state index contributed by atoms with van der Waals surface area (Å²) in [4.78, 5) is 3.21. The van der Waals surface area contributed by atoms with E-state index in [2.05, 4.69) is 10.3 Å². The maximum Gasteiger partial charge on any atom is 0.427 e. The fourth-order valence-electron chi connectivity index (χ4n) is 2.15. The van der Waals surface area contributed by atoms with Gasteiger partial charge < -0.3 is 5.32 Å². The second kappa shape index (κ2) is 3.86. The summed E-state index contributed by atoms with van der Waals surface area (Å²) < 4.78 is 37.3. The molecule has 6 heteroatoms. The van der Waals surface area contributed by atoms with Gasteiger partial charge in [-0.15, -0.1) is 0 Å². The minimum atomic E-state index is -4.27. The van der Waals surface area contributed by atoms with Crippen LogP contribution in [0.2, 0.25) is 0 Å². The predicted molar refractivity (Wildman–Crippen MR) is 60.0 cm³/mol. The van der Waals surface area contributed by atoms with Crippen molar-refractivity contribution in [2.75, 3.05) is 5.32 Å². The maximum atomic E-state index is 12.4. The van der Waals surface area contributed by atoms with Crippen LogP contribution in [-0.4, -0.2) is 11.0 Å². The summed E-state index contributed by atoms with van der Waals surface area (Å²) >= 11 is 0.711. The van der Waals surface area contributed by atoms with Gasteiger partial charge in [-0.05, 0) is 37.5 Å². The Bertz CT molecular complexity index is 395. The molecule has 2 aliphatic rings. The maximum absolute atomic E-state index is 12.4. The minimum Gasteiger partial charge on any atom is -0.358 e. The third-order valence-electron chi connectivity index (χ3n) is 3.33. The lowest BCUT2D eigenvalue weighted by molar-refractivity contribution is -0.134. The Morgan fingerprint density at radius 1 is 1.24 bits per heavy atom. The number of halogens is 3. The molecule has 3 rings (SSSR count). The van der Waals surface area contributed by atoms with Crippen molar-refractivity contribution in [2.24, 2.45) is 11.8 Å². The quantitative estimate of drug-likeness (QED) is 0.893. The molecule has 0 bridgehead atoms. The highest BCUT2D eigenvalue weighted by molar-refractivity contribution is 7.15. The van der Waals surface area contributed by atoms with Gasteiger partial charge in [-0.25, -0.2) is 4.98 Å². The number of anilines is 1. The Morgan fingerprint density at radius 3 is 2.24 bits per heavy atom. The van der Waals surface area contributed by atoms with Crippen LogP contribution in [0, 0.1) is 11.8 Å². The standard InChI is InChI=1S/C11H13F3N2S/c12-11(13,14)8-5-15-10(17-8)16-9(6-1-2-6)7-3-4-7/h5-7,9H,1-4H2,(H,15,16). The molecule has 2 saturated carbocycles. The first kappa shape index (κ1) is 11.3. The van der Waals surface area contributed by atoms with E-state index in [-0.39, 0.29) is 0 Å². The molecular formula is C11H13F3N2S. The molecule has 0 saturated heterocycles. The number of hydrogen-bond donors (Lipinski definition) is 1. The molecule has 1 heterocycles. The van der Waals surface area contributed by atoms with Crippen molar-refractivity contribution in [3.05, 3.63) is 11.1 Å². The number of hydrogen-bond acceptors (Lipinski definition) is 3. The number of thiazole rings is 1. The highest BCUT2D eigenvalue weighted by Gasteiger charge is 2.42. The molecule has 1 N–H and O–H groups in total. The summed E-state index contributed by atoms with van der Waals surface area (Å²) in [5.74, 6) is 1.31. The monoisotopic (exact) mass is 262 g/mol. The van der Waals surface area contributed by atoms with Crippen LogP contribution in [-0.2, 0) is 6.18 Å². The van der Waals surface area contributed by atoms with Gasteiger partial charge in [-0.1, -0.05) is 11.3 Å². The van der Waals surface area contributed by atoms with E-state index in [0.717, 1.165) is 6.20 Å². The van der Waals surface area contributed by atoms with E-state index in [1.807, 2.05) is 0 Å². The molecule has 0 unspecified atom stereocenters. The van der Waals surface area contributed by atoms with Crippen molar-refractivity contribution >= 4 is 16.5 Å². The Labute approximate surface area is 101 Å². The predicted octanol–water partition coefficient (Wildman–Crippen LogP) is 3.76.